The number of hydrogen-bond donors (Lipinski definition) is 1. The van der Waals surface area contributed by atoms with Crippen molar-refractivity contribution in [1.29, 1.82) is 0 Å². The molecule has 158 valence electrons. The predicted molar refractivity (Wildman–Crippen MR) is 129 cm³/mol. The summed E-state index contributed by atoms with van der Waals surface area (Å²) in [5.74, 6) is -0.678. The van der Waals surface area contributed by atoms with E-state index in [4.69, 9.17) is 4.74 Å². The third kappa shape index (κ3) is 3.91. The van der Waals surface area contributed by atoms with Crippen LogP contribution in [0.15, 0.2) is 54.9 Å². The van der Waals surface area contributed by atoms with E-state index in [1.54, 1.807) is 12.3 Å². The van der Waals surface area contributed by atoms with Gasteiger partial charge in [-0.05, 0) is 17.4 Å². The van der Waals surface area contributed by atoms with Crippen LogP contribution in [-0.2, 0) is 5.24 Å². The summed E-state index contributed by atoms with van der Waals surface area (Å²) in [6, 6.07) is 11.9. The zero-order valence-electron chi connectivity index (χ0n) is 18.1. The van der Waals surface area contributed by atoms with Crippen molar-refractivity contribution in [3.8, 4) is 17.0 Å². The molecule has 4 rings (SSSR count). The summed E-state index contributed by atoms with van der Waals surface area (Å²) >= 11 is 0. The standard InChI is InChI=1S/C20H19B3FN5O3/c1-32-18-8-13(24)17(29(30)31)9-15(18)27-19-25-7-6-14(26-19)12-10-28(20(21,22)23)16-5-3-2-4-11(12)16/h2-10H,21-23H2,1H3,(H,25,26,27). The van der Waals surface area contributed by atoms with Gasteiger partial charge in [0.2, 0.25) is 11.8 Å². The van der Waals surface area contributed by atoms with Gasteiger partial charge in [0.15, 0.2) is 0 Å². The summed E-state index contributed by atoms with van der Waals surface area (Å²) in [4.78, 5) is 19.2. The van der Waals surface area contributed by atoms with E-state index in [0.717, 1.165) is 28.6 Å². The van der Waals surface area contributed by atoms with Crippen LogP contribution in [-0.4, -0.2) is 50.1 Å². The number of anilines is 2. The number of ether oxygens (including phenoxy) is 1. The summed E-state index contributed by atoms with van der Waals surface area (Å²) in [6.45, 7) is 0. The molecule has 0 fully saturated rings. The second-order valence-electron chi connectivity index (χ2n) is 8.25. The number of hydrogen-bond acceptors (Lipinski definition) is 6. The molecule has 0 unspecified atom stereocenters. The highest BCUT2D eigenvalue weighted by atomic mass is 19.1. The minimum absolute atomic E-state index is 0.103. The Kier molecular flexibility index (Phi) is 5.37. The number of halogens is 1. The molecule has 2 aromatic heterocycles. The molecule has 4 aromatic rings. The molecule has 1 N–H and O–H groups in total. The van der Waals surface area contributed by atoms with Gasteiger partial charge in [-0.2, -0.15) is 4.39 Å². The van der Waals surface area contributed by atoms with Gasteiger partial charge in [0.25, 0.3) is 0 Å². The minimum atomic E-state index is -0.984. The summed E-state index contributed by atoms with van der Waals surface area (Å²) in [6.07, 6.45) is 3.65. The van der Waals surface area contributed by atoms with Crippen molar-refractivity contribution in [1.82, 2.24) is 14.5 Å². The van der Waals surface area contributed by atoms with Gasteiger partial charge in [0.05, 0.1) is 23.4 Å². The lowest BCUT2D eigenvalue weighted by Crippen LogP contribution is -2.34. The number of nitro groups is 1. The first-order chi connectivity index (χ1) is 15.2. The first-order valence-corrected chi connectivity index (χ1v) is 9.92. The Morgan fingerprint density at radius 1 is 1.22 bits per heavy atom. The molecular formula is C20H19B3FN5O3. The third-order valence-electron chi connectivity index (χ3n) is 5.08. The van der Waals surface area contributed by atoms with Crippen molar-refractivity contribution in [2.75, 3.05) is 12.4 Å². The minimum Gasteiger partial charge on any atom is -0.494 e. The fourth-order valence-electron chi connectivity index (χ4n) is 3.58. The van der Waals surface area contributed by atoms with Crippen LogP contribution in [0.3, 0.4) is 0 Å². The number of methoxy groups -OCH3 is 1. The van der Waals surface area contributed by atoms with E-state index in [9.17, 15) is 14.5 Å². The molecule has 0 atom stereocenters. The molecule has 0 bridgehead atoms. The van der Waals surface area contributed by atoms with E-state index in [2.05, 4.69) is 55.7 Å². The van der Waals surface area contributed by atoms with E-state index in [1.165, 1.54) is 7.11 Å². The Hall–Kier alpha value is -3.82. The number of aromatic nitrogens is 3. The molecule has 0 aliphatic rings. The monoisotopic (exact) mass is 429 g/mol. The zero-order valence-corrected chi connectivity index (χ0v) is 18.1. The lowest BCUT2D eigenvalue weighted by molar-refractivity contribution is -0.387. The van der Waals surface area contributed by atoms with Gasteiger partial charge in [-0.15, -0.1) is 0 Å². The number of rotatable bonds is 6. The summed E-state index contributed by atoms with van der Waals surface area (Å²) in [5, 5.41) is 15.0. The van der Waals surface area contributed by atoms with Crippen LogP contribution in [0.5, 0.6) is 5.75 Å². The number of nitrogens with zero attached hydrogens (tertiary/aromatic N) is 4. The lowest BCUT2D eigenvalue weighted by atomic mass is 9.49. The Labute approximate surface area is 186 Å². The molecule has 2 heterocycles. The van der Waals surface area contributed by atoms with Crippen LogP contribution < -0.4 is 10.1 Å². The molecule has 0 aliphatic carbocycles. The second-order valence-corrected chi connectivity index (χ2v) is 8.25. The summed E-state index contributed by atoms with van der Waals surface area (Å²) in [5.41, 5.74) is 2.21. The van der Waals surface area contributed by atoms with Crippen molar-refractivity contribution in [2.45, 2.75) is 5.24 Å². The van der Waals surface area contributed by atoms with Crippen molar-refractivity contribution in [3.05, 3.63) is 70.8 Å². The Bertz CT molecular complexity index is 1340. The highest BCUT2D eigenvalue weighted by Crippen LogP contribution is 2.35. The number of para-hydroxylation sites is 1. The highest BCUT2D eigenvalue weighted by molar-refractivity contribution is 6.56. The molecule has 0 saturated carbocycles. The molecule has 2 aromatic carbocycles. The highest BCUT2D eigenvalue weighted by Gasteiger charge is 2.21. The first kappa shape index (κ1) is 21.4. The van der Waals surface area contributed by atoms with Gasteiger partial charge in [0.1, 0.15) is 29.3 Å². The Balaban J connectivity index is 1.79. The fraction of sp³-hybridized carbons (Fsp3) is 0.100. The molecule has 0 aliphatic heterocycles. The topological polar surface area (TPSA) is 95.1 Å². The van der Waals surface area contributed by atoms with Crippen LogP contribution >= 0.6 is 0 Å². The summed E-state index contributed by atoms with van der Waals surface area (Å²) in [7, 11) is 7.74. The number of nitro benzene ring substituents is 1. The van der Waals surface area contributed by atoms with E-state index < -0.39 is 16.4 Å². The first-order valence-electron chi connectivity index (χ1n) is 9.92. The van der Waals surface area contributed by atoms with Gasteiger partial charge in [-0.25, -0.2) is 9.97 Å². The van der Waals surface area contributed by atoms with E-state index >= 15 is 0 Å². The number of fused-ring (bicyclic) bond motifs is 1. The average molecular weight is 429 g/mol. The van der Waals surface area contributed by atoms with Crippen molar-refractivity contribution >= 4 is 51.8 Å². The zero-order chi connectivity index (χ0) is 23.0. The normalized spacial score (nSPS) is 11.4. The van der Waals surface area contributed by atoms with E-state index in [1.807, 2.05) is 18.2 Å². The predicted octanol–water partition coefficient (Wildman–Crippen LogP) is 1.36. The largest absolute Gasteiger partial charge is 0.494 e. The Morgan fingerprint density at radius 2 is 1.97 bits per heavy atom. The molecule has 12 heteroatoms. The maximum atomic E-state index is 14.0. The van der Waals surface area contributed by atoms with Crippen LogP contribution in [0.2, 0.25) is 0 Å². The second kappa shape index (κ2) is 8.03. The quantitative estimate of drug-likeness (QED) is 0.283. The smallest absolute Gasteiger partial charge is 0.307 e. The molecule has 0 amide bonds. The fourth-order valence-corrected chi connectivity index (χ4v) is 3.58. The van der Waals surface area contributed by atoms with Gasteiger partial charge in [-0.3, -0.25) is 10.1 Å². The van der Waals surface area contributed by atoms with Crippen molar-refractivity contribution < 1.29 is 14.1 Å². The SMILES string of the molecule is BC(B)(B)n1cc(-c2ccnc(Nc3cc([N+](=O)[O-])c(F)cc3OC)n2)c2ccccc21. The maximum absolute atomic E-state index is 14.0. The molecule has 32 heavy (non-hydrogen) atoms. The molecule has 0 radical (unpaired) electrons. The van der Waals surface area contributed by atoms with Crippen molar-refractivity contribution in [2.24, 2.45) is 0 Å². The average Bonchev–Trinajstić information content (AvgIpc) is 3.15. The molecule has 0 saturated heterocycles. The van der Waals surface area contributed by atoms with Crippen molar-refractivity contribution in [3.63, 3.8) is 0 Å². The van der Waals surface area contributed by atoms with Gasteiger partial charge >= 0.3 is 5.69 Å². The molecule has 0 spiro atoms. The molecular weight excluding hydrogens is 410 g/mol. The lowest BCUT2D eigenvalue weighted by Gasteiger charge is -2.22. The van der Waals surface area contributed by atoms with Crippen LogP contribution in [0.4, 0.5) is 21.7 Å². The van der Waals surface area contributed by atoms with Gasteiger partial charge in [0, 0.05) is 41.0 Å². The van der Waals surface area contributed by atoms with Gasteiger partial charge in [-0.1, -0.05) is 18.2 Å². The molecule has 8 nitrogen and oxygen atoms in total. The maximum Gasteiger partial charge on any atom is 0.307 e. The third-order valence-corrected chi connectivity index (χ3v) is 5.08. The van der Waals surface area contributed by atoms with Crippen LogP contribution in [0, 0.1) is 15.9 Å². The number of benzene rings is 2. The van der Waals surface area contributed by atoms with Crippen LogP contribution in [0.25, 0.3) is 22.2 Å². The Morgan fingerprint density at radius 3 is 2.66 bits per heavy atom. The van der Waals surface area contributed by atoms with E-state index in [0.29, 0.717) is 5.69 Å². The van der Waals surface area contributed by atoms with E-state index in [-0.39, 0.29) is 22.6 Å². The van der Waals surface area contributed by atoms with Crippen LogP contribution in [0.1, 0.15) is 0 Å². The summed E-state index contributed by atoms with van der Waals surface area (Å²) < 4.78 is 21.3. The number of nitrogens with one attached hydrogen (secondary N) is 1. The van der Waals surface area contributed by atoms with Gasteiger partial charge < -0.3 is 14.6 Å².